The number of aromatic nitrogens is 1. The number of hydrogen-bond donors (Lipinski definition) is 1. The van der Waals surface area contributed by atoms with Crippen molar-refractivity contribution in [3.8, 4) is 11.5 Å². The molecule has 2 rings (SSSR count). The molecule has 0 aliphatic rings. The molecule has 0 unspecified atom stereocenters. The first-order valence-electron chi connectivity index (χ1n) is 8.72. The molecule has 0 atom stereocenters. The van der Waals surface area contributed by atoms with Gasteiger partial charge in [-0.15, -0.1) is 0 Å². The molecule has 136 valence electrons. The molecule has 1 aromatic carbocycles. The Hall–Kier alpha value is -2.50. The van der Waals surface area contributed by atoms with Crippen LogP contribution in [0.5, 0.6) is 11.5 Å². The van der Waals surface area contributed by atoms with E-state index >= 15 is 0 Å². The Bertz CT molecular complexity index is 709. The maximum Gasteiger partial charge on any atom is 0.256 e. The summed E-state index contributed by atoms with van der Waals surface area (Å²) in [5, 5.41) is 6.84. The number of carbonyl (C=O) groups is 1. The molecule has 2 aromatic rings. The van der Waals surface area contributed by atoms with Crippen LogP contribution in [-0.4, -0.2) is 30.8 Å². The molecule has 0 bridgehead atoms. The first-order chi connectivity index (χ1) is 12.1. The SMILES string of the molecule is CCOc1ccc(CCNC(=O)c2c(CC)noc2C)cc1OCC. The molecule has 1 heterocycles. The standard InChI is InChI=1S/C19H26N2O4/c1-5-15-18(13(4)25-21-15)19(22)20-11-10-14-8-9-16(23-6-2)17(12-14)24-7-3/h8-9,12H,5-7,10-11H2,1-4H3,(H,20,22). The van der Waals surface area contributed by atoms with Crippen molar-refractivity contribution in [3.05, 3.63) is 40.8 Å². The predicted octanol–water partition coefficient (Wildman–Crippen LogP) is 3.32. The van der Waals surface area contributed by atoms with Gasteiger partial charge in [-0.25, -0.2) is 0 Å². The van der Waals surface area contributed by atoms with Gasteiger partial charge in [-0.1, -0.05) is 18.1 Å². The summed E-state index contributed by atoms with van der Waals surface area (Å²) in [6.07, 6.45) is 1.36. The molecule has 6 heteroatoms. The Morgan fingerprint density at radius 1 is 1.16 bits per heavy atom. The summed E-state index contributed by atoms with van der Waals surface area (Å²) in [5.41, 5.74) is 2.31. The van der Waals surface area contributed by atoms with Crippen LogP contribution >= 0.6 is 0 Å². The molecule has 1 amide bonds. The highest BCUT2D eigenvalue weighted by atomic mass is 16.5. The summed E-state index contributed by atoms with van der Waals surface area (Å²) in [7, 11) is 0. The quantitative estimate of drug-likeness (QED) is 0.754. The molecule has 1 aromatic heterocycles. The Kier molecular flexibility index (Phi) is 6.86. The van der Waals surface area contributed by atoms with E-state index in [1.165, 1.54) is 0 Å². The molecule has 0 aliphatic carbocycles. The first kappa shape index (κ1) is 18.8. The lowest BCUT2D eigenvalue weighted by molar-refractivity contribution is 0.0952. The highest BCUT2D eigenvalue weighted by Crippen LogP contribution is 2.28. The summed E-state index contributed by atoms with van der Waals surface area (Å²) < 4.78 is 16.3. The number of ether oxygens (including phenoxy) is 2. The fourth-order valence-corrected chi connectivity index (χ4v) is 2.61. The number of aryl methyl sites for hydroxylation is 2. The van der Waals surface area contributed by atoms with E-state index < -0.39 is 0 Å². The third-order valence-electron chi connectivity index (χ3n) is 3.80. The second-order valence-corrected chi connectivity index (χ2v) is 5.57. The number of nitrogens with one attached hydrogen (secondary N) is 1. The van der Waals surface area contributed by atoms with Crippen molar-refractivity contribution in [3.63, 3.8) is 0 Å². The summed E-state index contributed by atoms with van der Waals surface area (Å²) in [4.78, 5) is 12.3. The third kappa shape index (κ3) is 4.75. The first-order valence-corrected chi connectivity index (χ1v) is 8.72. The van der Waals surface area contributed by atoms with E-state index in [2.05, 4.69) is 10.5 Å². The number of amides is 1. The fraction of sp³-hybridized carbons (Fsp3) is 0.474. The third-order valence-corrected chi connectivity index (χ3v) is 3.80. The zero-order chi connectivity index (χ0) is 18.2. The highest BCUT2D eigenvalue weighted by molar-refractivity contribution is 5.96. The molecule has 0 saturated carbocycles. The van der Waals surface area contributed by atoms with E-state index in [0.29, 0.717) is 49.6 Å². The van der Waals surface area contributed by atoms with Crippen LogP contribution in [-0.2, 0) is 12.8 Å². The Labute approximate surface area is 148 Å². The zero-order valence-electron chi connectivity index (χ0n) is 15.3. The largest absolute Gasteiger partial charge is 0.490 e. The van der Waals surface area contributed by atoms with Gasteiger partial charge in [-0.2, -0.15) is 0 Å². The average molecular weight is 346 g/mol. The topological polar surface area (TPSA) is 73.6 Å². The van der Waals surface area contributed by atoms with E-state index in [1.54, 1.807) is 6.92 Å². The lowest BCUT2D eigenvalue weighted by Gasteiger charge is -2.12. The van der Waals surface area contributed by atoms with Crippen molar-refractivity contribution in [1.82, 2.24) is 10.5 Å². The summed E-state index contributed by atoms with van der Waals surface area (Å²) >= 11 is 0. The predicted molar refractivity (Wildman–Crippen MR) is 95.4 cm³/mol. The lowest BCUT2D eigenvalue weighted by atomic mass is 10.1. The maximum absolute atomic E-state index is 12.3. The highest BCUT2D eigenvalue weighted by Gasteiger charge is 2.18. The van der Waals surface area contributed by atoms with Gasteiger partial charge >= 0.3 is 0 Å². The van der Waals surface area contributed by atoms with Gasteiger partial charge in [-0.05, 0) is 51.3 Å². The number of nitrogens with zero attached hydrogens (tertiary/aromatic N) is 1. The number of hydrogen-bond acceptors (Lipinski definition) is 5. The minimum absolute atomic E-state index is 0.147. The van der Waals surface area contributed by atoms with Gasteiger partial charge in [0.1, 0.15) is 11.3 Å². The van der Waals surface area contributed by atoms with Crippen LogP contribution in [0.15, 0.2) is 22.7 Å². The number of benzene rings is 1. The second kappa shape index (κ2) is 9.11. The van der Waals surface area contributed by atoms with Gasteiger partial charge in [0.05, 0.1) is 18.9 Å². The molecule has 0 fully saturated rings. The molecule has 6 nitrogen and oxygen atoms in total. The van der Waals surface area contributed by atoms with Crippen molar-refractivity contribution in [2.75, 3.05) is 19.8 Å². The molecule has 25 heavy (non-hydrogen) atoms. The van der Waals surface area contributed by atoms with Crippen LogP contribution in [0.2, 0.25) is 0 Å². The maximum atomic E-state index is 12.3. The summed E-state index contributed by atoms with van der Waals surface area (Å²) in [6.45, 7) is 9.27. The van der Waals surface area contributed by atoms with E-state index in [1.807, 2.05) is 39.0 Å². The smallest absolute Gasteiger partial charge is 0.256 e. The van der Waals surface area contributed by atoms with E-state index in [4.69, 9.17) is 14.0 Å². The Morgan fingerprint density at radius 2 is 1.88 bits per heavy atom. The van der Waals surface area contributed by atoms with E-state index in [0.717, 1.165) is 17.1 Å². The van der Waals surface area contributed by atoms with Crippen LogP contribution in [0.1, 0.15) is 48.1 Å². The van der Waals surface area contributed by atoms with Crippen LogP contribution in [0.25, 0.3) is 0 Å². The van der Waals surface area contributed by atoms with Gasteiger partial charge in [0, 0.05) is 6.54 Å². The molecule has 0 radical (unpaired) electrons. The molecule has 0 spiro atoms. The average Bonchev–Trinajstić information content (AvgIpc) is 2.98. The van der Waals surface area contributed by atoms with Gasteiger partial charge in [0.25, 0.3) is 5.91 Å². The Balaban J connectivity index is 1.98. The summed E-state index contributed by atoms with van der Waals surface area (Å²) in [6, 6.07) is 5.86. The number of carbonyl (C=O) groups excluding carboxylic acids is 1. The van der Waals surface area contributed by atoms with Gasteiger partial charge < -0.3 is 19.3 Å². The van der Waals surface area contributed by atoms with Gasteiger partial charge in [-0.3, -0.25) is 4.79 Å². The molecule has 1 N–H and O–H groups in total. The minimum atomic E-state index is -0.147. The monoisotopic (exact) mass is 346 g/mol. The molecule has 0 saturated heterocycles. The van der Waals surface area contributed by atoms with Gasteiger partial charge in [0.2, 0.25) is 0 Å². The van der Waals surface area contributed by atoms with E-state index in [9.17, 15) is 4.79 Å². The van der Waals surface area contributed by atoms with Gasteiger partial charge in [0.15, 0.2) is 11.5 Å². The zero-order valence-corrected chi connectivity index (χ0v) is 15.3. The summed E-state index contributed by atoms with van der Waals surface area (Å²) in [5.74, 6) is 1.88. The van der Waals surface area contributed by atoms with Crippen molar-refractivity contribution in [2.24, 2.45) is 0 Å². The van der Waals surface area contributed by atoms with Crippen molar-refractivity contribution >= 4 is 5.91 Å². The van der Waals surface area contributed by atoms with Crippen molar-refractivity contribution < 1.29 is 18.8 Å². The second-order valence-electron chi connectivity index (χ2n) is 5.57. The fourth-order valence-electron chi connectivity index (χ4n) is 2.61. The normalized spacial score (nSPS) is 10.6. The molecular formula is C19H26N2O4. The van der Waals surface area contributed by atoms with Crippen LogP contribution < -0.4 is 14.8 Å². The van der Waals surface area contributed by atoms with Crippen molar-refractivity contribution in [1.29, 1.82) is 0 Å². The lowest BCUT2D eigenvalue weighted by Crippen LogP contribution is -2.26. The van der Waals surface area contributed by atoms with Crippen LogP contribution in [0, 0.1) is 6.92 Å². The van der Waals surface area contributed by atoms with Crippen LogP contribution in [0.3, 0.4) is 0 Å². The van der Waals surface area contributed by atoms with Crippen molar-refractivity contribution in [2.45, 2.75) is 40.5 Å². The minimum Gasteiger partial charge on any atom is -0.490 e. The van der Waals surface area contributed by atoms with E-state index in [-0.39, 0.29) is 5.91 Å². The number of rotatable bonds is 9. The molecule has 0 aliphatic heterocycles. The molecular weight excluding hydrogens is 320 g/mol. The van der Waals surface area contributed by atoms with Crippen LogP contribution in [0.4, 0.5) is 0 Å². The Morgan fingerprint density at radius 3 is 2.56 bits per heavy atom.